The fourth-order valence-electron chi connectivity index (χ4n) is 1.93. The highest BCUT2D eigenvalue weighted by Crippen LogP contribution is 2.14. The highest BCUT2D eigenvalue weighted by atomic mass is 16.5. The highest BCUT2D eigenvalue weighted by molar-refractivity contribution is 5.32. The summed E-state index contributed by atoms with van der Waals surface area (Å²) in [5.74, 6) is 0.664. The molecule has 2 rings (SSSR count). The highest BCUT2D eigenvalue weighted by Gasteiger charge is 2.24. The van der Waals surface area contributed by atoms with Crippen LogP contribution in [0.1, 0.15) is 12.5 Å². The molecule has 2 heterocycles. The fourth-order valence-corrected chi connectivity index (χ4v) is 1.93. The molecule has 1 aromatic rings. The molecule has 0 spiro atoms. The number of nitrogens with zero attached hydrogens (tertiary/aromatic N) is 3. The van der Waals surface area contributed by atoms with Crippen LogP contribution in [-0.2, 0) is 11.3 Å². The van der Waals surface area contributed by atoms with Crippen molar-refractivity contribution in [2.45, 2.75) is 19.5 Å². The normalized spacial score (nSPS) is 20.1. The standard InChI is InChI=1S/C12H20N4O2/c1-2-13-5-10-6-14-12(15-7-10)16-3-4-18-9-11(16)8-17/h6-7,11,13,17H,2-5,8-9H2,1H3. The Morgan fingerprint density at radius 2 is 2.28 bits per heavy atom. The number of hydrogen-bond acceptors (Lipinski definition) is 6. The number of hydrogen-bond donors (Lipinski definition) is 2. The molecule has 0 radical (unpaired) electrons. The number of aliphatic hydroxyl groups is 1. The summed E-state index contributed by atoms with van der Waals surface area (Å²) in [6, 6.07) is -0.0432. The number of ether oxygens (including phenoxy) is 1. The Kier molecular flexibility index (Phi) is 4.86. The predicted octanol–water partition coefficient (Wildman–Crippen LogP) is -0.216. The van der Waals surface area contributed by atoms with Crippen molar-refractivity contribution in [2.24, 2.45) is 0 Å². The quantitative estimate of drug-likeness (QED) is 0.755. The van der Waals surface area contributed by atoms with Crippen LogP contribution in [0.5, 0.6) is 0 Å². The Hall–Kier alpha value is -1.24. The molecule has 1 unspecified atom stereocenters. The largest absolute Gasteiger partial charge is 0.394 e. The number of aliphatic hydroxyl groups excluding tert-OH is 1. The van der Waals surface area contributed by atoms with Gasteiger partial charge in [0.05, 0.1) is 25.9 Å². The Labute approximate surface area is 107 Å². The molecule has 6 heteroatoms. The first kappa shape index (κ1) is 13.2. The van der Waals surface area contributed by atoms with Gasteiger partial charge >= 0.3 is 0 Å². The molecular formula is C12H20N4O2. The molecular weight excluding hydrogens is 232 g/mol. The van der Waals surface area contributed by atoms with Gasteiger partial charge in [-0.25, -0.2) is 9.97 Å². The maximum atomic E-state index is 9.31. The smallest absolute Gasteiger partial charge is 0.225 e. The lowest BCUT2D eigenvalue weighted by molar-refractivity contribution is 0.0718. The third-order valence-corrected chi connectivity index (χ3v) is 2.97. The van der Waals surface area contributed by atoms with E-state index in [0.29, 0.717) is 19.2 Å². The van der Waals surface area contributed by atoms with E-state index in [1.165, 1.54) is 0 Å². The van der Waals surface area contributed by atoms with Gasteiger partial charge in [0.2, 0.25) is 5.95 Å². The van der Waals surface area contributed by atoms with Gasteiger partial charge in [0.1, 0.15) is 0 Å². The van der Waals surface area contributed by atoms with Gasteiger partial charge in [0.15, 0.2) is 0 Å². The van der Waals surface area contributed by atoms with Gasteiger partial charge < -0.3 is 20.1 Å². The molecule has 6 nitrogen and oxygen atoms in total. The number of aromatic nitrogens is 2. The van der Waals surface area contributed by atoms with Crippen molar-refractivity contribution in [2.75, 3.05) is 37.8 Å². The first-order chi connectivity index (χ1) is 8.85. The van der Waals surface area contributed by atoms with Gasteiger partial charge in [-0.2, -0.15) is 0 Å². The monoisotopic (exact) mass is 252 g/mol. The zero-order valence-corrected chi connectivity index (χ0v) is 10.7. The Bertz CT molecular complexity index is 358. The molecule has 0 aliphatic carbocycles. The van der Waals surface area contributed by atoms with Gasteiger partial charge in [-0.3, -0.25) is 0 Å². The minimum atomic E-state index is -0.0432. The number of anilines is 1. The van der Waals surface area contributed by atoms with Crippen LogP contribution in [0.3, 0.4) is 0 Å². The third kappa shape index (κ3) is 3.16. The van der Waals surface area contributed by atoms with Crippen molar-refractivity contribution in [1.82, 2.24) is 15.3 Å². The summed E-state index contributed by atoms with van der Waals surface area (Å²) in [7, 11) is 0. The van der Waals surface area contributed by atoms with Crippen LogP contribution in [-0.4, -0.2) is 54.0 Å². The minimum absolute atomic E-state index is 0.0432. The first-order valence-corrected chi connectivity index (χ1v) is 6.32. The maximum absolute atomic E-state index is 9.31. The second-order valence-corrected chi connectivity index (χ2v) is 4.28. The van der Waals surface area contributed by atoms with Crippen molar-refractivity contribution < 1.29 is 9.84 Å². The van der Waals surface area contributed by atoms with Gasteiger partial charge in [-0.05, 0) is 6.54 Å². The summed E-state index contributed by atoms with van der Waals surface area (Å²) in [5, 5.41) is 12.5. The summed E-state index contributed by atoms with van der Waals surface area (Å²) in [6.07, 6.45) is 3.66. The fraction of sp³-hybridized carbons (Fsp3) is 0.667. The zero-order chi connectivity index (χ0) is 12.8. The molecule has 1 aliphatic rings. The predicted molar refractivity (Wildman–Crippen MR) is 68.5 cm³/mol. The molecule has 1 atom stereocenters. The van der Waals surface area contributed by atoms with Crippen molar-refractivity contribution in [3.05, 3.63) is 18.0 Å². The SMILES string of the molecule is CCNCc1cnc(N2CCOCC2CO)nc1. The third-order valence-electron chi connectivity index (χ3n) is 2.97. The lowest BCUT2D eigenvalue weighted by Crippen LogP contribution is -2.48. The zero-order valence-electron chi connectivity index (χ0n) is 10.7. The summed E-state index contributed by atoms with van der Waals surface area (Å²) < 4.78 is 5.33. The van der Waals surface area contributed by atoms with Crippen molar-refractivity contribution in [1.29, 1.82) is 0 Å². The molecule has 0 amide bonds. The van der Waals surface area contributed by atoms with Crippen LogP contribution in [0.15, 0.2) is 12.4 Å². The topological polar surface area (TPSA) is 70.5 Å². The minimum Gasteiger partial charge on any atom is -0.394 e. The summed E-state index contributed by atoms with van der Waals surface area (Å²) in [4.78, 5) is 10.7. The van der Waals surface area contributed by atoms with Gasteiger partial charge in [-0.1, -0.05) is 6.92 Å². The Morgan fingerprint density at radius 3 is 2.94 bits per heavy atom. The molecule has 1 saturated heterocycles. The first-order valence-electron chi connectivity index (χ1n) is 6.32. The molecule has 0 aromatic carbocycles. The van der Waals surface area contributed by atoms with E-state index in [-0.39, 0.29) is 12.6 Å². The van der Waals surface area contributed by atoms with Gasteiger partial charge in [0, 0.05) is 31.0 Å². The van der Waals surface area contributed by atoms with Gasteiger partial charge in [0.25, 0.3) is 0 Å². The molecule has 18 heavy (non-hydrogen) atoms. The number of nitrogens with one attached hydrogen (secondary N) is 1. The summed E-state index contributed by atoms with van der Waals surface area (Å²) >= 11 is 0. The molecule has 1 fully saturated rings. The summed E-state index contributed by atoms with van der Waals surface area (Å²) in [6.45, 7) is 5.73. The average Bonchev–Trinajstić information content (AvgIpc) is 2.45. The summed E-state index contributed by atoms with van der Waals surface area (Å²) in [5.41, 5.74) is 1.06. The van der Waals surface area contributed by atoms with Crippen molar-refractivity contribution >= 4 is 5.95 Å². The molecule has 2 N–H and O–H groups in total. The average molecular weight is 252 g/mol. The van der Waals surface area contributed by atoms with Crippen LogP contribution in [0.4, 0.5) is 5.95 Å². The second-order valence-electron chi connectivity index (χ2n) is 4.28. The van der Waals surface area contributed by atoms with Crippen LogP contribution in [0.25, 0.3) is 0 Å². The molecule has 0 saturated carbocycles. The Balaban J connectivity index is 2.03. The van der Waals surface area contributed by atoms with E-state index in [4.69, 9.17) is 4.74 Å². The molecule has 1 aromatic heterocycles. The van der Waals surface area contributed by atoms with Crippen molar-refractivity contribution in [3.63, 3.8) is 0 Å². The van der Waals surface area contributed by atoms with E-state index in [0.717, 1.165) is 25.2 Å². The van der Waals surface area contributed by atoms with E-state index in [9.17, 15) is 5.11 Å². The van der Waals surface area contributed by atoms with E-state index in [2.05, 4.69) is 22.2 Å². The van der Waals surface area contributed by atoms with Crippen LogP contribution in [0.2, 0.25) is 0 Å². The lowest BCUT2D eigenvalue weighted by atomic mass is 10.2. The van der Waals surface area contributed by atoms with Crippen LogP contribution in [0, 0.1) is 0 Å². The molecule has 100 valence electrons. The van der Waals surface area contributed by atoms with E-state index < -0.39 is 0 Å². The molecule has 0 bridgehead atoms. The van der Waals surface area contributed by atoms with E-state index >= 15 is 0 Å². The van der Waals surface area contributed by atoms with Crippen molar-refractivity contribution in [3.8, 4) is 0 Å². The second kappa shape index (κ2) is 6.63. The lowest BCUT2D eigenvalue weighted by Gasteiger charge is -2.34. The van der Waals surface area contributed by atoms with Crippen LogP contribution < -0.4 is 10.2 Å². The Morgan fingerprint density at radius 1 is 1.50 bits per heavy atom. The number of morpholine rings is 1. The van der Waals surface area contributed by atoms with Crippen LogP contribution >= 0.6 is 0 Å². The van der Waals surface area contributed by atoms with Gasteiger partial charge in [-0.15, -0.1) is 0 Å². The maximum Gasteiger partial charge on any atom is 0.225 e. The van der Waals surface area contributed by atoms with E-state index in [1.54, 1.807) is 0 Å². The number of rotatable bonds is 5. The van der Waals surface area contributed by atoms with E-state index in [1.807, 2.05) is 17.3 Å². The molecule has 1 aliphatic heterocycles.